The summed E-state index contributed by atoms with van der Waals surface area (Å²) in [6.45, 7) is 10.5. The van der Waals surface area contributed by atoms with Crippen molar-refractivity contribution in [1.29, 1.82) is 0 Å². The van der Waals surface area contributed by atoms with E-state index in [1.54, 1.807) is 18.2 Å². The van der Waals surface area contributed by atoms with E-state index in [4.69, 9.17) is 14.2 Å². The molecule has 1 unspecified atom stereocenters. The number of carbonyl (C=O) groups excluding carboxylic acids is 1. The van der Waals surface area contributed by atoms with Crippen LogP contribution in [-0.4, -0.2) is 23.6 Å². The van der Waals surface area contributed by atoms with Crippen LogP contribution in [0.2, 0.25) is 0 Å². The van der Waals surface area contributed by atoms with E-state index in [1.807, 2.05) is 70.2 Å². The maximum absolute atomic E-state index is 12.7. The number of amides is 1. The fraction of sp³-hybridized carbons (Fsp3) is 0.333. The van der Waals surface area contributed by atoms with Crippen LogP contribution < -0.4 is 14.8 Å². The fourth-order valence-corrected chi connectivity index (χ4v) is 3.23. The summed E-state index contributed by atoms with van der Waals surface area (Å²) < 4.78 is 17.2. The van der Waals surface area contributed by atoms with Gasteiger partial charge >= 0.3 is 0 Å². The summed E-state index contributed by atoms with van der Waals surface area (Å²) in [5.74, 6) is 1.98. The Morgan fingerprint density at radius 1 is 0.909 bits per heavy atom. The van der Waals surface area contributed by atoms with Crippen LogP contribution in [0.5, 0.6) is 17.2 Å². The van der Waals surface area contributed by atoms with Crippen molar-refractivity contribution < 1.29 is 19.0 Å². The van der Waals surface area contributed by atoms with Crippen LogP contribution in [0.25, 0.3) is 0 Å². The predicted molar refractivity (Wildman–Crippen MR) is 130 cm³/mol. The SMILES string of the molecule is CCCOC(C)c1ccc(C(=O)Nc2ccc(Oc3ccc(OC(C)C)cc3)cc2)c(C)n1. The van der Waals surface area contributed by atoms with Gasteiger partial charge in [-0.3, -0.25) is 9.78 Å². The molecule has 1 heterocycles. The van der Waals surface area contributed by atoms with Crippen LogP contribution in [0.4, 0.5) is 5.69 Å². The Hall–Kier alpha value is -3.38. The molecule has 0 bridgehead atoms. The second-order valence-corrected chi connectivity index (χ2v) is 8.10. The van der Waals surface area contributed by atoms with Crippen molar-refractivity contribution in [3.8, 4) is 17.2 Å². The van der Waals surface area contributed by atoms with Gasteiger partial charge in [-0.15, -0.1) is 0 Å². The second kappa shape index (κ2) is 11.5. The standard InChI is InChI=1S/C27H32N2O4/c1-6-17-31-20(5)26-16-15-25(19(4)28-26)27(30)29-21-7-9-23(10-8-21)33-24-13-11-22(12-14-24)32-18(2)3/h7-16,18,20H,6,17H2,1-5H3,(H,29,30). The van der Waals surface area contributed by atoms with Gasteiger partial charge in [0.1, 0.15) is 17.2 Å². The van der Waals surface area contributed by atoms with Gasteiger partial charge in [-0.2, -0.15) is 0 Å². The number of benzene rings is 2. The van der Waals surface area contributed by atoms with Crippen molar-refractivity contribution in [2.75, 3.05) is 11.9 Å². The number of carbonyl (C=O) groups is 1. The molecule has 0 aliphatic rings. The molecule has 0 aliphatic heterocycles. The van der Waals surface area contributed by atoms with Crippen LogP contribution >= 0.6 is 0 Å². The lowest BCUT2D eigenvalue weighted by molar-refractivity contribution is 0.0632. The number of nitrogens with one attached hydrogen (secondary N) is 1. The van der Waals surface area contributed by atoms with Crippen molar-refractivity contribution in [1.82, 2.24) is 4.98 Å². The minimum Gasteiger partial charge on any atom is -0.491 e. The molecule has 0 spiro atoms. The first-order chi connectivity index (χ1) is 15.9. The normalized spacial score (nSPS) is 11.8. The highest BCUT2D eigenvalue weighted by molar-refractivity contribution is 6.05. The lowest BCUT2D eigenvalue weighted by Gasteiger charge is -2.14. The van der Waals surface area contributed by atoms with E-state index in [9.17, 15) is 4.79 Å². The monoisotopic (exact) mass is 448 g/mol. The molecule has 0 radical (unpaired) electrons. The number of anilines is 1. The minimum atomic E-state index is -0.205. The van der Waals surface area contributed by atoms with Gasteiger partial charge in [0.15, 0.2) is 0 Å². The van der Waals surface area contributed by atoms with E-state index in [0.717, 1.165) is 17.9 Å². The average Bonchev–Trinajstić information content (AvgIpc) is 2.79. The maximum atomic E-state index is 12.7. The van der Waals surface area contributed by atoms with Gasteiger partial charge in [-0.05, 0) is 94.8 Å². The molecule has 0 saturated carbocycles. The molecule has 6 heteroatoms. The molecule has 1 aromatic heterocycles. The zero-order valence-electron chi connectivity index (χ0n) is 19.9. The summed E-state index contributed by atoms with van der Waals surface area (Å²) >= 11 is 0. The van der Waals surface area contributed by atoms with Crippen LogP contribution in [0.15, 0.2) is 60.7 Å². The molecular formula is C27H32N2O4. The molecular weight excluding hydrogens is 416 g/mol. The van der Waals surface area contributed by atoms with E-state index in [0.29, 0.717) is 35.1 Å². The first-order valence-electron chi connectivity index (χ1n) is 11.3. The molecule has 1 N–H and O–H groups in total. The Morgan fingerprint density at radius 2 is 1.52 bits per heavy atom. The molecule has 2 aromatic carbocycles. The number of pyridine rings is 1. The van der Waals surface area contributed by atoms with Crippen LogP contribution in [0, 0.1) is 6.92 Å². The summed E-state index contributed by atoms with van der Waals surface area (Å²) in [7, 11) is 0. The lowest BCUT2D eigenvalue weighted by atomic mass is 10.1. The predicted octanol–water partition coefficient (Wildman–Crippen LogP) is 6.71. The largest absolute Gasteiger partial charge is 0.491 e. The topological polar surface area (TPSA) is 69.7 Å². The van der Waals surface area contributed by atoms with Crippen LogP contribution in [0.3, 0.4) is 0 Å². The number of ether oxygens (including phenoxy) is 3. The molecule has 33 heavy (non-hydrogen) atoms. The van der Waals surface area contributed by atoms with Crippen molar-refractivity contribution in [3.05, 3.63) is 77.6 Å². The zero-order chi connectivity index (χ0) is 23.8. The maximum Gasteiger partial charge on any atom is 0.257 e. The summed E-state index contributed by atoms with van der Waals surface area (Å²) in [5.41, 5.74) is 2.70. The molecule has 1 atom stereocenters. The van der Waals surface area contributed by atoms with Gasteiger partial charge in [0.25, 0.3) is 5.91 Å². The van der Waals surface area contributed by atoms with Crippen molar-refractivity contribution in [2.24, 2.45) is 0 Å². The third-order valence-electron chi connectivity index (χ3n) is 4.88. The number of nitrogens with zero attached hydrogens (tertiary/aromatic N) is 1. The molecule has 174 valence electrons. The van der Waals surface area contributed by atoms with Gasteiger partial charge in [-0.1, -0.05) is 6.92 Å². The Kier molecular flexibility index (Phi) is 8.44. The number of hydrogen-bond acceptors (Lipinski definition) is 5. The summed E-state index contributed by atoms with van der Waals surface area (Å²) in [4.78, 5) is 17.3. The van der Waals surface area contributed by atoms with Gasteiger partial charge in [0, 0.05) is 12.3 Å². The first-order valence-corrected chi connectivity index (χ1v) is 11.3. The highest BCUT2D eigenvalue weighted by atomic mass is 16.5. The highest BCUT2D eigenvalue weighted by Gasteiger charge is 2.14. The Bertz CT molecular complexity index is 1050. The van der Waals surface area contributed by atoms with Gasteiger partial charge in [-0.25, -0.2) is 0 Å². The summed E-state index contributed by atoms with van der Waals surface area (Å²) in [6.07, 6.45) is 0.973. The van der Waals surface area contributed by atoms with Crippen LogP contribution in [-0.2, 0) is 4.74 Å². The van der Waals surface area contributed by atoms with E-state index >= 15 is 0 Å². The quantitative estimate of drug-likeness (QED) is 0.373. The lowest BCUT2D eigenvalue weighted by Crippen LogP contribution is -2.15. The van der Waals surface area contributed by atoms with Gasteiger partial charge < -0.3 is 19.5 Å². The highest BCUT2D eigenvalue weighted by Crippen LogP contribution is 2.26. The smallest absolute Gasteiger partial charge is 0.257 e. The van der Waals surface area contributed by atoms with E-state index in [1.165, 1.54) is 0 Å². The number of aryl methyl sites for hydroxylation is 1. The fourth-order valence-electron chi connectivity index (χ4n) is 3.23. The Balaban J connectivity index is 1.59. The molecule has 6 nitrogen and oxygen atoms in total. The Labute approximate surface area is 195 Å². The van der Waals surface area contributed by atoms with E-state index < -0.39 is 0 Å². The average molecular weight is 449 g/mol. The summed E-state index contributed by atoms with van der Waals surface area (Å²) in [6, 6.07) is 18.4. The van der Waals surface area contributed by atoms with E-state index in [2.05, 4.69) is 17.2 Å². The first kappa shape index (κ1) is 24.3. The molecule has 1 amide bonds. The molecule has 0 fully saturated rings. The third-order valence-corrected chi connectivity index (χ3v) is 4.88. The van der Waals surface area contributed by atoms with Crippen molar-refractivity contribution in [2.45, 2.75) is 53.2 Å². The van der Waals surface area contributed by atoms with E-state index in [-0.39, 0.29) is 18.1 Å². The van der Waals surface area contributed by atoms with Crippen molar-refractivity contribution >= 4 is 11.6 Å². The molecule has 3 aromatic rings. The molecule has 0 aliphatic carbocycles. The van der Waals surface area contributed by atoms with Gasteiger partial charge in [0.05, 0.1) is 29.2 Å². The second-order valence-electron chi connectivity index (χ2n) is 8.10. The number of rotatable bonds is 10. The number of aromatic nitrogens is 1. The minimum absolute atomic E-state index is 0.104. The van der Waals surface area contributed by atoms with Crippen molar-refractivity contribution in [3.63, 3.8) is 0 Å². The molecule has 0 saturated heterocycles. The van der Waals surface area contributed by atoms with Gasteiger partial charge in [0.2, 0.25) is 0 Å². The zero-order valence-corrected chi connectivity index (χ0v) is 19.9. The Morgan fingerprint density at radius 3 is 2.09 bits per heavy atom. The number of hydrogen-bond donors (Lipinski definition) is 1. The molecule has 3 rings (SSSR count). The van der Waals surface area contributed by atoms with Crippen LogP contribution in [0.1, 0.15) is 62.0 Å². The third kappa shape index (κ3) is 7.05. The summed E-state index contributed by atoms with van der Waals surface area (Å²) in [5, 5.41) is 2.92.